The van der Waals surface area contributed by atoms with E-state index in [2.05, 4.69) is 18.4 Å². The van der Waals surface area contributed by atoms with Gasteiger partial charge in [-0.15, -0.1) is 0 Å². The molecule has 2 rings (SSSR count). The van der Waals surface area contributed by atoms with E-state index in [-0.39, 0.29) is 6.03 Å². The predicted molar refractivity (Wildman–Crippen MR) is 59.4 cm³/mol. The number of benzene rings is 1. The zero-order chi connectivity index (χ0) is 10.8. The fraction of sp³-hybridized carbons (Fsp3) is 0.364. The molecule has 1 unspecified atom stereocenters. The van der Waals surface area contributed by atoms with E-state index in [4.69, 9.17) is 5.84 Å². The molecule has 4 nitrogen and oxygen atoms in total. The molecule has 1 aliphatic heterocycles. The quantitative estimate of drug-likeness (QED) is 0.380. The summed E-state index contributed by atoms with van der Waals surface area (Å²) in [5.41, 5.74) is 4.36. The van der Waals surface area contributed by atoms with E-state index >= 15 is 0 Å². The van der Waals surface area contributed by atoms with Crippen molar-refractivity contribution in [2.45, 2.75) is 13.3 Å². The lowest BCUT2D eigenvalue weighted by molar-refractivity contribution is 0.245. The van der Waals surface area contributed by atoms with Crippen LogP contribution in [0.25, 0.3) is 0 Å². The summed E-state index contributed by atoms with van der Waals surface area (Å²) in [6, 6.07) is 7.70. The number of nitrogens with zero attached hydrogens (tertiary/aromatic N) is 1. The third-order valence-corrected chi connectivity index (χ3v) is 2.71. The lowest BCUT2D eigenvalue weighted by Gasteiger charge is -2.32. The van der Waals surface area contributed by atoms with Crippen LogP contribution in [0.1, 0.15) is 12.5 Å². The van der Waals surface area contributed by atoms with Gasteiger partial charge in [0.2, 0.25) is 0 Å². The first-order chi connectivity index (χ1) is 7.22. The van der Waals surface area contributed by atoms with Crippen molar-refractivity contribution in [1.29, 1.82) is 0 Å². The molecule has 0 fully saturated rings. The molecule has 2 amide bonds. The average molecular weight is 205 g/mol. The number of para-hydroxylation sites is 1. The van der Waals surface area contributed by atoms with Gasteiger partial charge in [-0.25, -0.2) is 10.6 Å². The van der Waals surface area contributed by atoms with Crippen LogP contribution >= 0.6 is 0 Å². The van der Waals surface area contributed by atoms with Crippen molar-refractivity contribution < 1.29 is 4.79 Å². The minimum atomic E-state index is -0.242. The number of hydrogen-bond donors (Lipinski definition) is 2. The number of fused-ring (bicyclic) bond motifs is 1. The first-order valence-corrected chi connectivity index (χ1v) is 5.08. The van der Waals surface area contributed by atoms with Gasteiger partial charge >= 0.3 is 6.03 Å². The fourth-order valence-electron chi connectivity index (χ4n) is 2.07. The Labute approximate surface area is 89.0 Å². The zero-order valence-electron chi connectivity index (χ0n) is 8.73. The number of nitrogens with two attached hydrogens (primary N) is 1. The first kappa shape index (κ1) is 9.98. The summed E-state index contributed by atoms with van der Waals surface area (Å²) < 4.78 is 0. The molecule has 80 valence electrons. The van der Waals surface area contributed by atoms with E-state index in [0.717, 1.165) is 18.7 Å². The van der Waals surface area contributed by atoms with Crippen LogP contribution in [-0.2, 0) is 6.42 Å². The van der Waals surface area contributed by atoms with Crippen molar-refractivity contribution in [1.82, 2.24) is 5.43 Å². The summed E-state index contributed by atoms with van der Waals surface area (Å²) in [6.07, 6.45) is 1.02. The van der Waals surface area contributed by atoms with Crippen molar-refractivity contribution in [3.05, 3.63) is 29.8 Å². The molecule has 0 aromatic heterocycles. The van der Waals surface area contributed by atoms with Gasteiger partial charge in [0.05, 0.1) is 0 Å². The van der Waals surface area contributed by atoms with E-state index < -0.39 is 0 Å². The molecular weight excluding hydrogens is 190 g/mol. The molecule has 1 aromatic rings. The molecule has 1 atom stereocenters. The summed E-state index contributed by atoms with van der Waals surface area (Å²) in [6.45, 7) is 2.85. The molecule has 1 aromatic carbocycles. The lowest BCUT2D eigenvalue weighted by atomic mass is 9.94. The molecule has 1 aliphatic rings. The van der Waals surface area contributed by atoms with Gasteiger partial charge in [-0.05, 0) is 24.0 Å². The molecule has 0 radical (unpaired) electrons. The van der Waals surface area contributed by atoms with E-state index in [1.807, 2.05) is 18.2 Å². The van der Waals surface area contributed by atoms with Gasteiger partial charge in [0, 0.05) is 12.2 Å². The van der Waals surface area contributed by atoms with Crippen LogP contribution < -0.4 is 16.2 Å². The summed E-state index contributed by atoms with van der Waals surface area (Å²) in [5.74, 6) is 5.63. The SMILES string of the molecule is CC1Cc2ccccc2N(C(=O)NN)C1. The van der Waals surface area contributed by atoms with Crippen molar-refractivity contribution in [3.8, 4) is 0 Å². The summed E-state index contributed by atoms with van der Waals surface area (Å²) in [4.78, 5) is 13.3. The van der Waals surface area contributed by atoms with Gasteiger partial charge in [-0.1, -0.05) is 25.1 Å². The number of hydrogen-bond acceptors (Lipinski definition) is 2. The van der Waals surface area contributed by atoms with E-state index in [9.17, 15) is 4.79 Å². The maximum atomic E-state index is 11.6. The Bertz CT molecular complexity index is 378. The maximum Gasteiger partial charge on any atom is 0.336 e. The number of carbonyl (C=O) groups excluding carboxylic acids is 1. The molecule has 0 spiro atoms. The van der Waals surface area contributed by atoms with E-state index in [1.54, 1.807) is 4.90 Å². The second-order valence-corrected chi connectivity index (χ2v) is 4.00. The molecule has 4 heteroatoms. The van der Waals surface area contributed by atoms with Crippen LogP contribution in [-0.4, -0.2) is 12.6 Å². The van der Waals surface area contributed by atoms with E-state index in [1.165, 1.54) is 5.56 Å². The number of amides is 2. The second-order valence-electron chi connectivity index (χ2n) is 4.00. The largest absolute Gasteiger partial charge is 0.336 e. The fourth-order valence-corrected chi connectivity index (χ4v) is 2.07. The van der Waals surface area contributed by atoms with Crippen LogP contribution in [0, 0.1) is 5.92 Å². The van der Waals surface area contributed by atoms with Crippen molar-refractivity contribution >= 4 is 11.7 Å². The highest BCUT2D eigenvalue weighted by Crippen LogP contribution is 2.29. The number of anilines is 1. The zero-order valence-corrected chi connectivity index (χ0v) is 8.73. The topological polar surface area (TPSA) is 58.4 Å². The highest BCUT2D eigenvalue weighted by Gasteiger charge is 2.25. The Hall–Kier alpha value is -1.55. The third kappa shape index (κ3) is 1.80. The smallest absolute Gasteiger partial charge is 0.293 e. The molecule has 0 bridgehead atoms. The number of rotatable bonds is 0. The van der Waals surface area contributed by atoms with Gasteiger partial charge in [0.1, 0.15) is 0 Å². The molecule has 0 aliphatic carbocycles. The predicted octanol–water partition coefficient (Wildman–Crippen LogP) is 1.27. The second kappa shape index (κ2) is 3.90. The molecule has 3 N–H and O–H groups in total. The lowest BCUT2D eigenvalue weighted by Crippen LogP contribution is -2.47. The van der Waals surface area contributed by atoms with Crippen molar-refractivity contribution in [2.75, 3.05) is 11.4 Å². The summed E-state index contributed by atoms with van der Waals surface area (Å²) in [7, 11) is 0. The number of urea groups is 1. The monoisotopic (exact) mass is 205 g/mol. The number of nitrogens with one attached hydrogen (secondary N) is 1. The Balaban J connectivity index is 2.38. The highest BCUT2D eigenvalue weighted by atomic mass is 16.2. The minimum absolute atomic E-state index is 0.242. The van der Waals surface area contributed by atoms with Gasteiger partial charge in [0.25, 0.3) is 0 Å². The minimum Gasteiger partial charge on any atom is -0.293 e. The van der Waals surface area contributed by atoms with Crippen molar-refractivity contribution in [2.24, 2.45) is 11.8 Å². The standard InChI is InChI=1S/C11H15N3O/c1-8-6-9-4-2-3-5-10(9)14(7-8)11(15)13-12/h2-5,8H,6-7,12H2,1H3,(H,13,15). The van der Waals surface area contributed by atoms with Crippen LogP contribution in [0.2, 0.25) is 0 Å². The Morgan fingerprint density at radius 1 is 1.53 bits per heavy atom. The van der Waals surface area contributed by atoms with Crippen LogP contribution in [0.15, 0.2) is 24.3 Å². The number of hydrazine groups is 1. The third-order valence-electron chi connectivity index (χ3n) is 2.71. The molecule has 15 heavy (non-hydrogen) atoms. The highest BCUT2D eigenvalue weighted by molar-refractivity contribution is 5.92. The average Bonchev–Trinajstić information content (AvgIpc) is 2.26. The number of carbonyl (C=O) groups is 1. The van der Waals surface area contributed by atoms with Crippen LogP contribution in [0.4, 0.5) is 10.5 Å². The Morgan fingerprint density at radius 2 is 2.27 bits per heavy atom. The molecule has 1 heterocycles. The Morgan fingerprint density at radius 3 is 3.00 bits per heavy atom. The van der Waals surface area contributed by atoms with Crippen LogP contribution in [0.5, 0.6) is 0 Å². The van der Waals surface area contributed by atoms with Gasteiger partial charge in [-0.3, -0.25) is 10.3 Å². The molecule has 0 saturated carbocycles. The van der Waals surface area contributed by atoms with E-state index in [0.29, 0.717) is 5.92 Å². The van der Waals surface area contributed by atoms with Crippen LogP contribution in [0.3, 0.4) is 0 Å². The van der Waals surface area contributed by atoms with Gasteiger partial charge < -0.3 is 0 Å². The summed E-state index contributed by atoms with van der Waals surface area (Å²) >= 11 is 0. The van der Waals surface area contributed by atoms with Gasteiger partial charge in [0.15, 0.2) is 0 Å². The molecule has 0 saturated heterocycles. The maximum absolute atomic E-state index is 11.6. The normalized spacial score (nSPS) is 19.6. The van der Waals surface area contributed by atoms with Gasteiger partial charge in [-0.2, -0.15) is 0 Å². The Kier molecular flexibility index (Phi) is 2.60. The van der Waals surface area contributed by atoms with Crippen molar-refractivity contribution in [3.63, 3.8) is 0 Å². The first-order valence-electron chi connectivity index (χ1n) is 5.08. The summed E-state index contributed by atoms with van der Waals surface area (Å²) in [5, 5.41) is 0. The molecular formula is C11H15N3O.